The standard InChI is InChI=1S/C20H26N4O/c25-20(24(18-10-11-18)17-8-4-5-9-17)22-14-19-21-12-13-23(19)15-16-6-2-1-3-7-16/h1-3,6-7,12-13,17-18H,4-5,8-11,14-15H2,(H,22,25). The number of nitrogens with one attached hydrogen (secondary N) is 1. The van der Waals surface area contributed by atoms with Crippen LogP contribution in [-0.2, 0) is 13.1 Å². The van der Waals surface area contributed by atoms with Gasteiger partial charge >= 0.3 is 6.03 Å². The number of imidazole rings is 1. The van der Waals surface area contributed by atoms with Crippen molar-refractivity contribution in [1.29, 1.82) is 0 Å². The molecule has 1 heterocycles. The van der Waals surface area contributed by atoms with E-state index in [1.165, 1.54) is 18.4 Å². The highest BCUT2D eigenvalue weighted by Crippen LogP contribution is 2.34. The van der Waals surface area contributed by atoms with Crippen LogP contribution in [0.4, 0.5) is 4.79 Å². The monoisotopic (exact) mass is 338 g/mol. The quantitative estimate of drug-likeness (QED) is 0.876. The molecule has 0 radical (unpaired) electrons. The third-order valence-corrected chi connectivity index (χ3v) is 5.29. The Bertz CT molecular complexity index is 701. The molecule has 0 spiro atoms. The molecule has 2 aliphatic carbocycles. The summed E-state index contributed by atoms with van der Waals surface area (Å²) in [7, 11) is 0. The van der Waals surface area contributed by atoms with Crippen molar-refractivity contribution in [2.24, 2.45) is 0 Å². The molecule has 1 aromatic heterocycles. The summed E-state index contributed by atoms with van der Waals surface area (Å²) in [6.07, 6.45) is 10.9. The lowest BCUT2D eigenvalue weighted by Crippen LogP contribution is -2.46. The molecular formula is C20H26N4O. The predicted molar refractivity (Wildman–Crippen MR) is 97.1 cm³/mol. The molecular weight excluding hydrogens is 312 g/mol. The zero-order valence-electron chi connectivity index (χ0n) is 14.6. The molecule has 5 nitrogen and oxygen atoms in total. The van der Waals surface area contributed by atoms with Crippen LogP contribution in [0.15, 0.2) is 42.7 Å². The molecule has 0 atom stereocenters. The highest BCUT2D eigenvalue weighted by molar-refractivity contribution is 5.75. The Morgan fingerprint density at radius 3 is 2.56 bits per heavy atom. The number of aromatic nitrogens is 2. The van der Waals surface area contributed by atoms with Gasteiger partial charge in [0.15, 0.2) is 0 Å². The fourth-order valence-electron chi connectivity index (χ4n) is 3.84. The van der Waals surface area contributed by atoms with Gasteiger partial charge in [-0.1, -0.05) is 43.2 Å². The van der Waals surface area contributed by atoms with Crippen LogP contribution in [-0.4, -0.2) is 32.6 Å². The number of rotatable bonds is 6. The summed E-state index contributed by atoms with van der Waals surface area (Å²) < 4.78 is 2.10. The van der Waals surface area contributed by atoms with Crippen LogP contribution in [0.3, 0.4) is 0 Å². The molecule has 0 unspecified atom stereocenters. The molecule has 2 aliphatic rings. The van der Waals surface area contributed by atoms with E-state index in [-0.39, 0.29) is 6.03 Å². The van der Waals surface area contributed by atoms with E-state index in [9.17, 15) is 4.79 Å². The minimum absolute atomic E-state index is 0.0867. The first-order chi connectivity index (χ1) is 12.3. The van der Waals surface area contributed by atoms with Gasteiger partial charge in [-0.25, -0.2) is 9.78 Å². The van der Waals surface area contributed by atoms with Crippen LogP contribution in [0.1, 0.15) is 49.9 Å². The number of nitrogens with zero attached hydrogens (tertiary/aromatic N) is 3. The summed E-state index contributed by atoms with van der Waals surface area (Å²) >= 11 is 0. The summed E-state index contributed by atoms with van der Waals surface area (Å²) in [5, 5.41) is 3.11. The maximum absolute atomic E-state index is 12.8. The lowest BCUT2D eigenvalue weighted by molar-refractivity contribution is 0.170. The molecule has 1 aromatic carbocycles. The average molecular weight is 338 g/mol. The Morgan fingerprint density at radius 2 is 1.84 bits per heavy atom. The molecule has 0 aliphatic heterocycles. The van der Waals surface area contributed by atoms with E-state index < -0.39 is 0 Å². The minimum atomic E-state index is 0.0867. The molecule has 2 saturated carbocycles. The topological polar surface area (TPSA) is 50.2 Å². The van der Waals surface area contributed by atoms with Crippen molar-refractivity contribution in [1.82, 2.24) is 19.8 Å². The Labute approximate surface area is 149 Å². The van der Waals surface area contributed by atoms with Crippen molar-refractivity contribution in [3.8, 4) is 0 Å². The van der Waals surface area contributed by atoms with Gasteiger partial charge in [-0.2, -0.15) is 0 Å². The number of carbonyl (C=O) groups is 1. The summed E-state index contributed by atoms with van der Waals surface area (Å²) in [5.74, 6) is 0.902. The van der Waals surface area contributed by atoms with Crippen molar-refractivity contribution in [3.05, 3.63) is 54.1 Å². The number of hydrogen-bond donors (Lipinski definition) is 1. The van der Waals surface area contributed by atoms with Crippen molar-refractivity contribution >= 4 is 6.03 Å². The minimum Gasteiger partial charge on any atom is -0.331 e. The molecule has 0 bridgehead atoms. The van der Waals surface area contributed by atoms with Gasteiger partial charge < -0.3 is 14.8 Å². The van der Waals surface area contributed by atoms with Gasteiger partial charge in [0.1, 0.15) is 5.82 Å². The Morgan fingerprint density at radius 1 is 1.12 bits per heavy atom. The van der Waals surface area contributed by atoms with Crippen LogP contribution in [0.5, 0.6) is 0 Å². The highest BCUT2D eigenvalue weighted by atomic mass is 16.2. The van der Waals surface area contributed by atoms with Crippen LogP contribution >= 0.6 is 0 Å². The maximum Gasteiger partial charge on any atom is 0.318 e. The van der Waals surface area contributed by atoms with E-state index in [0.717, 1.165) is 38.1 Å². The number of urea groups is 1. The van der Waals surface area contributed by atoms with Gasteiger partial charge in [-0.3, -0.25) is 0 Å². The normalized spacial score (nSPS) is 17.6. The second-order valence-corrected chi connectivity index (χ2v) is 7.19. The van der Waals surface area contributed by atoms with Crippen LogP contribution in [0.25, 0.3) is 0 Å². The van der Waals surface area contributed by atoms with E-state index >= 15 is 0 Å². The second kappa shape index (κ2) is 7.30. The van der Waals surface area contributed by atoms with Crippen LogP contribution < -0.4 is 5.32 Å². The van der Waals surface area contributed by atoms with Gasteiger partial charge in [-0.15, -0.1) is 0 Å². The van der Waals surface area contributed by atoms with E-state index in [0.29, 0.717) is 18.6 Å². The molecule has 5 heteroatoms. The van der Waals surface area contributed by atoms with E-state index in [1.54, 1.807) is 6.20 Å². The first kappa shape index (κ1) is 16.2. The van der Waals surface area contributed by atoms with Crippen molar-refractivity contribution in [2.45, 2.75) is 63.7 Å². The number of hydrogen-bond acceptors (Lipinski definition) is 2. The summed E-state index contributed by atoms with van der Waals surface area (Å²) in [4.78, 5) is 19.3. The molecule has 4 rings (SSSR count). The molecule has 1 N–H and O–H groups in total. The van der Waals surface area contributed by atoms with Crippen molar-refractivity contribution < 1.29 is 4.79 Å². The fourth-order valence-corrected chi connectivity index (χ4v) is 3.84. The summed E-state index contributed by atoms with van der Waals surface area (Å²) in [6.45, 7) is 1.26. The average Bonchev–Trinajstić information content (AvgIpc) is 3.13. The van der Waals surface area contributed by atoms with Gasteiger partial charge in [0.05, 0.1) is 6.54 Å². The molecule has 25 heavy (non-hydrogen) atoms. The SMILES string of the molecule is O=C(NCc1nccn1Cc1ccccc1)N(C1CCCC1)C1CC1. The fraction of sp³-hybridized carbons (Fsp3) is 0.500. The van der Waals surface area contributed by atoms with Crippen molar-refractivity contribution in [3.63, 3.8) is 0 Å². The third-order valence-electron chi connectivity index (χ3n) is 5.29. The second-order valence-electron chi connectivity index (χ2n) is 7.19. The number of carbonyl (C=O) groups excluding carboxylic acids is 1. The summed E-state index contributed by atoms with van der Waals surface area (Å²) in [5.41, 5.74) is 1.23. The first-order valence-electron chi connectivity index (χ1n) is 9.41. The molecule has 2 amide bonds. The maximum atomic E-state index is 12.8. The lowest BCUT2D eigenvalue weighted by Gasteiger charge is -2.29. The Balaban J connectivity index is 1.38. The lowest BCUT2D eigenvalue weighted by atomic mass is 10.2. The molecule has 2 aromatic rings. The van der Waals surface area contributed by atoms with E-state index in [1.807, 2.05) is 24.4 Å². The van der Waals surface area contributed by atoms with Gasteiger partial charge in [0.2, 0.25) is 0 Å². The highest BCUT2D eigenvalue weighted by Gasteiger charge is 2.38. The van der Waals surface area contributed by atoms with E-state index in [2.05, 4.69) is 31.9 Å². The molecule has 132 valence electrons. The van der Waals surface area contributed by atoms with Crippen LogP contribution in [0.2, 0.25) is 0 Å². The molecule has 2 fully saturated rings. The van der Waals surface area contributed by atoms with Crippen LogP contribution in [0, 0.1) is 0 Å². The molecule has 0 saturated heterocycles. The van der Waals surface area contributed by atoms with Gasteiger partial charge in [0, 0.05) is 31.0 Å². The predicted octanol–water partition coefficient (Wildman–Crippen LogP) is 3.55. The first-order valence-corrected chi connectivity index (χ1v) is 9.41. The Kier molecular flexibility index (Phi) is 4.72. The zero-order chi connectivity index (χ0) is 17.1. The van der Waals surface area contributed by atoms with Crippen molar-refractivity contribution in [2.75, 3.05) is 0 Å². The zero-order valence-corrected chi connectivity index (χ0v) is 14.6. The number of amides is 2. The summed E-state index contributed by atoms with van der Waals surface area (Å²) in [6, 6.07) is 11.3. The van der Waals surface area contributed by atoms with E-state index in [4.69, 9.17) is 0 Å². The largest absolute Gasteiger partial charge is 0.331 e. The van der Waals surface area contributed by atoms with Gasteiger partial charge in [-0.05, 0) is 31.2 Å². The third kappa shape index (κ3) is 3.86. The number of benzene rings is 1. The smallest absolute Gasteiger partial charge is 0.318 e. The Hall–Kier alpha value is -2.30. The van der Waals surface area contributed by atoms with Gasteiger partial charge in [0.25, 0.3) is 0 Å².